The van der Waals surface area contributed by atoms with E-state index in [9.17, 15) is 4.79 Å². The molecule has 4 heteroatoms. The molecular formula is C19H28N2O2. The normalized spacial score (nSPS) is 23.4. The Morgan fingerprint density at radius 2 is 2.04 bits per heavy atom. The van der Waals surface area contributed by atoms with Gasteiger partial charge in [-0.1, -0.05) is 6.07 Å². The Morgan fingerprint density at radius 3 is 2.70 bits per heavy atom. The molecule has 2 heterocycles. The zero-order valence-corrected chi connectivity index (χ0v) is 14.5. The number of amides is 1. The monoisotopic (exact) mass is 316 g/mol. The Hall–Kier alpha value is -1.39. The van der Waals surface area contributed by atoms with E-state index in [1.807, 2.05) is 18.2 Å². The molecule has 1 aromatic carbocycles. The Morgan fingerprint density at radius 1 is 1.30 bits per heavy atom. The molecule has 0 aliphatic carbocycles. The Bertz CT molecular complexity index is 579. The number of piperidine rings is 1. The fourth-order valence-corrected chi connectivity index (χ4v) is 4.17. The summed E-state index contributed by atoms with van der Waals surface area (Å²) in [5.41, 5.74) is 3.46. The number of nitrogens with one attached hydrogen (secondary N) is 1. The van der Waals surface area contributed by atoms with E-state index in [1.165, 1.54) is 11.1 Å². The van der Waals surface area contributed by atoms with Crippen LogP contribution in [0.1, 0.15) is 34.3 Å². The van der Waals surface area contributed by atoms with Crippen LogP contribution in [-0.2, 0) is 4.74 Å². The Labute approximate surface area is 139 Å². The van der Waals surface area contributed by atoms with Crippen LogP contribution in [0, 0.1) is 25.2 Å². The third kappa shape index (κ3) is 3.15. The van der Waals surface area contributed by atoms with Crippen molar-refractivity contribution in [3.8, 4) is 0 Å². The molecule has 1 unspecified atom stereocenters. The van der Waals surface area contributed by atoms with E-state index in [2.05, 4.69) is 24.1 Å². The lowest BCUT2D eigenvalue weighted by Gasteiger charge is -2.38. The highest BCUT2D eigenvalue weighted by atomic mass is 16.5. The first-order valence-corrected chi connectivity index (χ1v) is 8.62. The van der Waals surface area contributed by atoms with Gasteiger partial charge in [0, 0.05) is 31.7 Å². The number of carbonyl (C=O) groups excluding carboxylic acids is 1. The maximum atomic E-state index is 13.0. The lowest BCUT2D eigenvalue weighted by molar-refractivity contribution is 0.0701. The maximum Gasteiger partial charge on any atom is 0.253 e. The second-order valence-corrected chi connectivity index (χ2v) is 7.25. The number of hydrogen-bond donors (Lipinski definition) is 1. The molecule has 2 aliphatic heterocycles. The molecule has 0 bridgehead atoms. The number of methoxy groups -OCH3 is 1. The fraction of sp³-hybridized carbons (Fsp3) is 0.632. The molecule has 0 saturated carbocycles. The van der Waals surface area contributed by atoms with Crippen molar-refractivity contribution in [3.05, 3.63) is 34.9 Å². The van der Waals surface area contributed by atoms with Gasteiger partial charge in [0.25, 0.3) is 5.91 Å². The van der Waals surface area contributed by atoms with Gasteiger partial charge < -0.3 is 15.0 Å². The van der Waals surface area contributed by atoms with Gasteiger partial charge in [-0.05, 0) is 68.5 Å². The van der Waals surface area contributed by atoms with Crippen LogP contribution in [0.2, 0.25) is 0 Å². The number of nitrogens with zero attached hydrogens (tertiary/aromatic N) is 1. The number of hydrogen-bond acceptors (Lipinski definition) is 3. The summed E-state index contributed by atoms with van der Waals surface area (Å²) in [6.07, 6.45) is 2.27. The minimum absolute atomic E-state index is 0.171. The van der Waals surface area contributed by atoms with Crippen LogP contribution in [0.3, 0.4) is 0 Å². The van der Waals surface area contributed by atoms with Crippen molar-refractivity contribution in [1.29, 1.82) is 0 Å². The molecule has 1 amide bonds. The molecule has 1 N–H and O–H groups in total. The maximum absolute atomic E-state index is 13.0. The highest BCUT2D eigenvalue weighted by molar-refractivity contribution is 5.94. The average Bonchev–Trinajstić information content (AvgIpc) is 2.88. The Kier molecular flexibility index (Phi) is 4.74. The molecule has 23 heavy (non-hydrogen) atoms. The van der Waals surface area contributed by atoms with Gasteiger partial charge in [0.15, 0.2) is 0 Å². The predicted molar refractivity (Wildman–Crippen MR) is 91.7 cm³/mol. The number of benzene rings is 1. The first-order chi connectivity index (χ1) is 11.1. The minimum Gasteiger partial charge on any atom is -0.384 e. The number of rotatable bonds is 3. The van der Waals surface area contributed by atoms with E-state index in [0.717, 1.165) is 51.2 Å². The van der Waals surface area contributed by atoms with Gasteiger partial charge in [-0.2, -0.15) is 0 Å². The van der Waals surface area contributed by atoms with Crippen LogP contribution in [0.15, 0.2) is 18.2 Å². The van der Waals surface area contributed by atoms with Crippen LogP contribution in [0.25, 0.3) is 0 Å². The van der Waals surface area contributed by atoms with Crippen LogP contribution in [0.5, 0.6) is 0 Å². The van der Waals surface area contributed by atoms with Crippen LogP contribution in [0.4, 0.5) is 0 Å². The van der Waals surface area contributed by atoms with Crippen LogP contribution < -0.4 is 5.32 Å². The van der Waals surface area contributed by atoms with Gasteiger partial charge in [0.2, 0.25) is 0 Å². The third-order valence-electron chi connectivity index (χ3n) is 5.82. The second kappa shape index (κ2) is 6.62. The van der Waals surface area contributed by atoms with E-state index in [1.54, 1.807) is 7.11 Å². The summed E-state index contributed by atoms with van der Waals surface area (Å²) in [6.45, 7) is 8.68. The SMILES string of the molecule is COCC1CN(C(=O)c2ccc(C)c(C)c2)CC12CCNCC2. The van der Waals surface area contributed by atoms with Gasteiger partial charge >= 0.3 is 0 Å². The van der Waals surface area contributed by atoms with Crippen molar-refractivity contribution in [3.63, 3.8) is 0 Å². The average molecular weight is 316 g/mol. The highest BCUT2D eigenvalue weighted by Crippen LogP contribution is 2.43. The van der Waals surface area contributed by atoms with Gasteiger partial charge in [0.1, 0.15) is 0 Å². The minimum atomic E-state index is 0.171. The van der Waals surface area contributed by atoms with E-state index < -0.39 is 0 Å². The molecule has 2 aliphatic rings. The molecule has 0 aromatic heterocycles. The van der Waals surface area contributed by atoms with Crippen molar-refractivity contribution < 1.29 is 9.53 Å². The molecular weight excluding hydrogens is 288 g/mol. The number of ether oxygens (including phenoxy) is 1. The summed E-state index contributed by atoms with van der Waals surface area (Å²) in [5, 5.41) is 3.44. The lowest BCUT2D eigenvalue weighted by atomic mass is 9.71. The number of carbonyl (C=O) groups is 1. The van der Waals surface area contributed by atoms with E-state index >= 15 is 0 Å². The molecule has 2 saturated heterocycles. The Balaban J connectivity index is 1.80. The van der Waals surface area contributed by atoms with Crippen molar-refractivity contribution in [2.75, 3.05) is 39.9 Å². The summed E-state index contributed by atoms with van der Waals surface area (Å²) >= 11 is 0. The zero-order chi connectivity index (χ0) is 16.4. The smallest absolute Gasteiger partial charge is 0.253 e. The summed E-state index contributed by atoms with van der Waals surface area (Å²) in [7, 11) is 1.77. The molecule has 1 spiro atoms. The summed E-state index contributed by atoms with van der Waals surface area (Å²) in [6, 6.07) is 6.03. The van der Waals surface area contributed by atoms with Gasteiger partial charge in [-0.25, -0.2) is 0 Å². The lowest BCUT2D eigenvalue weighted by Crippen LogP contribution is -2.43. The third-order valence-corrected chi connectivity index (χ3v) is 5.82. The van der Waals surface area contributed by atoms with Crippen molar-refractivity contribution >= 4 is 5.91 Å². The standard InChI is InChI=1S/C19H28N2O2/c1-14-4-5-16(10-15(14)2)18(22)21-11-17(12-23-3)19(13-21)6-8-20-9-7-19/h4-5,10,17,20H,6-9,11-13H2,1-3H3. The quantitative estimate of drug-likeness (QED) is 0.931. The number of likely N-dealkylation sites (tertiary alicyclic amines) is 1. The molecule has 126 valence electrons. The topological polar surface area (TPSA) is 41.6 Å². The highest BCUT2D eigenvalue weighted by Gasteiger charge is 2.48. The van der Waals surface area contributed by atoms with Gasteiger partial charge in [-0.15, -0.1) is 0 Å². The number of aryl methyl sites for hydroxylation is 2. The second-order valence-electron chi connectivity index (χ2n) is 7.25. The predicted octanol–water partition coefficient (Wildman–Crippen LogP) is 2.39. The molecule has 1 atom stereocenters. The largest absolute Gasteiger partial charge is 0.384 e. The van der Waals surface area contributed by atoms with E-state index in [4.69, 9.17) is 4.74 Å². The summed E-state index contributed by atoms with van der Waals surface area (Å²) < 4.78 is 5.46. The molecule has 4 nitrogen and oxygen atoms in total. The summed E-state index contributed by atoms with van der Waals surface area (Å²) in [4.78, 5) is 15.0. The molecule has 3 rings (SSSR count). The zero-order valence-electron chi connectivity index (χ0n) is 14.5. The van der Waals surface area contributed by atoms with E-state index in [0.29, 0.717) is 5.92 Å². The first-order valence-electron chi connectivity index (χ1n) is 8.62. The van der Waals surface area contributed by atoms with Crippen molar-refractivity contribution in [1.82, 2.24) is 10.2 Å². The fourth-order valence-electron chi connectivity index (χ4n) is 4.17. The van der Waals surface area contributed by atoms with Crippen LogP contribution in [-0.4, -0.2) is 50.7 Å². The molecule has 1 aromatic rings. The van der Waals surface area contributed by atoms with Crippen LogP contribution >= 0.6 is 0 Å². The van der Waals surface area contributed by atoms with E-state index in [-0.39, 0.29) is 11.3 Å². The summed E-state index contributed by atoms with van der Waals surface area (Å²) in [5.74, 6) is 0.620. The first kappa shape index (κ1) is 16.5. The van der Waals surface area contributed by atoms with Crippen molar-refractivity contribution in [2.24, 2.45) is 11.3 Å². The van der Waals surface area contributed by atoms with Gasteiger partial charge in [0.05, 0.1) is 6.61 Å². The molecule has 2 fully saturated rings. The van der Waals surface area contributed by atoms with Crippen molar-refractivity contribution in [2.45, 2.75) is 26.7 Å². The molecule has 0 radical (unpaired) electrons. The van der Waals surface area contributed by atoms with Gasteiger partial charge in [-0.3, -0.25) is 4.79 Å².